The number of methoxy groups -OCH3 is 1. The van der Waals surface area contributed by atoms with Gasteiger partial charge in [-0.25, -0.2) is 4.98 Å². The molecule has 2 bridgehead atoms. The molecule has 3 aliphatic rings. The summed E-state index contributed by atoms with van der Waals surface area (Å²) in [5.41, 5.74) is 9.71. The number of fused-ring (bicyclic) bond motifs is 2. The smallest absolute Gasteiger partial charge is 0.181 e. The number of para-hydroxylation sites is 2. The summed E-state index contributed by atoms with van der Waals surface area (Å²) in [7, 11) is 1.64. The molecule has 1 aromatic heterocycles. The van der Waals surface area contributed by atoms with Crippen molar-refractivity contribution in [3.8, 4) is 5.75 Å². The van der Waals surface area contributed by atoms with Crippen LogP contribution in [0.25, 0.3) is 11.1 Å². The molecule has 3 fully saturated rings. The van der Waals surface area contributed by atoms with Gasteiger partial charge in [-0.1, -0.05) is 30.3 Å². The molecule has 0 amide bonds. The zero-order chi connectivity index (χ0) is 17.2. The van der Waals surface area contributed by atoms with Gasteiger partial charge in [-0.05, 0) is 31.4 Å². The van der Waals surface area contributed by atoms with Crippen LogP contribution in [0, 0.1) is 0 Å². The highest BCUT2D eigenvalue weighted by molar-refractivity contribution is 5.77. The van der Waals surface area contributed by atoms with Crippen LogP contribution in [0.2, 0.25) is 0 Å². The highest BCUT2D eigenvalue weighted by atomic mass is 16.5. The van der Waals surface area contributed by atoms with E-state index < -0.39 is 0 Å². The Balaban J connectivity index is 0.000000217. The lowest BCUT2D eigenvalue weighted by atomic mass is 9.98. The third-order valence-electron chi connectivity index (χ3n) is 4.92. The number of aromatic nitrogens is 1. The predicted molar refractivity (Wildman–Crippen MR) is 95.5 cm³/mol. The fourth-order valence-electron chi connectivity index (χ4n) is 3.54. The van der Waals surface area contributed by atoms with E-state index >= 15 is 0 Å². The minimum Gasteiger partial charge on any atom is -0.496 e. The van der Waals surface area contributed by atoms with Crippen LogP contribution >= 0.6 is 0 Å². The summed E-state index contributed by atoms with van der Waals surface area (Å²) < 4.78 is 16.0. The van der Waals surface area contributed by atoms with E-state index in [1.807, 2.05) is 42.5 Å². The lowest BCUT2D eigenvalue weighted by Crippen LogP contribution is -2.25. The molecular weight excluding hydrogens is 316 g/mol. The number of benzene rings is 2. The van der Waals surface area contributed by atoms with Crippen molar-refractivity contribution in [3.63, 3.8) is 0 Å². The minimum atomic E-state index is -0.312. The van der Waals surface area contributed by atoms with Gasteiger partial charge in [-0.15, -0.1) is 0 Å². The molecule has 2 N–H and O–H groups in total. The van der Waals surface area contributed by atoms with Crippen LogP contribution in [0.15, 0.2) is 53.3 Å². The summed E-state index contributed by atoms with van der Waals surface area (Å²) in [5, 5.41) is 0. The van der Waals surface area contributed by atoms with Crippen LogP contribution in [-0.4, -0.2) is 24.3 Å². The third kappa shape index (κ3) is 3.13. The van der Waals surface area contributed by atoms with Gasteiger partial charge in [0.15, 0.2) is 12.0 Å². The van der Waals surface area contributed by atoms with Crippen LogP contribution in [0.4, 0.5) is 0 Å². The topological polar surface area (TPSA) is 70.5 Å². The lowest BCUT2D eigenvalue weighted by Gasteiger charge is -2.23. The predicted octanol–water partition coefficient (Wildman–Crippen LogP) is 3.82. The largest absolute Gasteiger partial charge is 0.496 e. The monoisotopic (exact) mass is 338 g/mol. The Hall–Kier alpha value is -2.37. The van der Waals surface area contributed by atoms with Gasteiger partial charge in [-0.3, -0.25) is 0 Å². The van der Waals surface area contributed by atoms with Crippen molar-refractivity contribution in [2.45, 2.75) is 37.5 Å². The first-order valence-electron chi connectivity index (χ1n) is 8.62. The fourth-order valence-corrected chi connectivity index (χ4v) is 3.54. The second-order valence-corrected chi connectivity index (χ2v) is 6.46. The molecule has 2 aliphatic heterocycles. The van der Waals surface area contributed by atoms with Crippen molar-refractivity contribution in [2.75, 3.05) is 7.11 Å². The summed E-state index contributed by atoms with van der Waals surface area (Å²) in [6, 6.07) is 13.2. The molecule has 25 heavy (non-hydrogen) atoms. The SMILES string of the molecule is C1CC2CC1O2.COc1ccccc1C(N)c1cccc2ncoc12. The average Bonchev–Trinajstić information content (AvgIpc) is 3.37. The van der Waals surface area contributed by atoms with Crippen molar-refractivity contribution in [1.82, 2.24) is 4.98 Å². The van der Waals surface area contributed by atoms with Gasteiger partial charge in [0.05, 0.1) is 25.4 Å². The number of rotatable bonds is 3. The van der Waals surface area contributed by atoms with Crippen molar-refractivity contribution in [3.05, 3.63) is 60.0 Å². The lowest BCUT2D eigenvalue weighted by molar-refractivity contribution is -0.0647. The Labute approximate surface area is 146 Å². The zero-order valence-electron chi connectivity index (χ0n) is 14.2. The van der Waals surface area contributed by atoms with E-state index in [0.717, 1.165) is 28.0 Å². The normalized spacial score (nSPS) is 22.0. The van der Waals surface area contributed by atoms with Crippen LogP contribution in [0.1, 0.15) is 36.4 Å². The molecule has 1 aliphatic carbocycles. The molecule has 3 unspecified atom stereocenters. The molecule has 2 aromatic carbocycles. The van der Waals surface area contributed by atoms with Gasteiger partial charge in [-0.2, -0.15) is 0 Å². The van der Waals surface area contributed by atoms with E-state index in [0.29, 0.717) is 12.2 Å². The maximum absolute atomic E-state index is 6.35. The van der Waals surface area contributed by atoms with Gasteiger partial charge >= 0.3 is 0 Å². The van der Waals surface area contributed by atoms with Gasteiger partial charge < -0.3 is 19.6 Å². The highest BCUT2D eigenvalue weighted by Crippen LogP contribution is 2.36. The first kappa shape index (κ1) is 16.1. The van der Waals surface area contributed by atoms with E-state index in [1.54, 1.807) is 7.11 Å². The second-order valence-electron chi connectivity index (χ2n) is 6.46. The standard InChI is InChI=1S/C15H14N2O2.C5H8O/c1-18-13-8-3-2-5-10(13)14(16)11-6-4-7-12-15(11)19-9-17-12;1-2-5-3-4(1)6-5/h2-9,14H,16H2,1H3;4-5H,1-3H2. The van der Waals surface area contributed by atoms with E-state index in [4.69, 9.17) is 19.6 Å². The maximum atomic E-state index is 6.35. The molecule has 3 atom stereocenters. The number of nitrogens with zero attached hydrogens (tertiary/aromatic N) is 1. The van der Waals surface area contributed by atoms with Crippen molar-refractivity contribution in [2.24, 2.45) is 5.73 Å². The van der Waals surface area contributed by atoms with E-state index in [1.165, 1.54) is 25.7 Å². The average molecular weight is 338 g/mol. The van der Waals surface area contributed by atoms with Crippen LogP contribution in [0.3, 0.4) is 0 Å². The van der Waals surface area contributed by atoms with E-state index in [2.05, 4.69) is 4.98 Å². The number of oxazole rings is 1. The van der Waals surface area contributed by atoms with Crippen molar-refractivity contribution >= 4 is 11.1 Å². The van der Waals surface area contributed by atoms with Gasteiger partial charge in [0.1, 0.15) is 11.3 Å². The van der Waals surface area contributed by atoms with Crippen LogP contribution in [0.5, 0.6) is 5.75 Å². The fraction of sp³-hybridized carbons (Fsp3) is 0.350. The maximum Gasteiger partial charge on any atom is 0.181 e. The third-order valence-corrected chi connectivity index (χ3v) is 4.92. The summed E-state index contributed by atoms with van der Waals surface area (Å²) >= 11 is 0. The number of hydrogen-bond donors (Lipinski definition) is 1. The van der Waals surface area contributed by atoms with Crippen LogP contribution < -0.4 is 10.5 Å². The van der Waals surface area contributed by atoms with E-state index in [9.17, 15) is 0 Å². The minimum absolute atomic E-state index is 0.312. The Kier molecular flexibility index (Phi) is 4.42. The summed E-state index contributed by atoms with van der Waals surface area (Å²) in [5.74, 6) is 0.770. The summed E-state index contributed by atoms with van der Waals surface area (Å²) in [6.45, 7) is 0. The molecule has 3 aromatic rings. The first-order chi connectivity index (χ1) is 12.3. The molecule has 1 saturated carbocycles. The Morgan fingerprint density at radius 1 is 1.08 bits per heavy atom. The highest BCUT2D eigenvalue weighted by Gasteiger charge is 2.36. The van der Waals surface area contributed by atoms with Crippen LogP contribution in [-0.2, 0) is 4.74 Å². The Morgan fingerprint density at radius 3 is 2.48 bits per heavy atom. The summed E-state index contributed by atoms with van der Waals surface area (Å²) in [6.07, 6.45) is 6.85. The Morgan fingerprint density at radius 2 is 1.80 bits per heavy atom. The molecule has 6 rings (SSSR count). The first-order valence-corrected chi connectivity index (χ1v) is 8.62. The number of nitrogens with two attached hydrogens (primary N) is 1. The number of hydrogen-bond acceptors (Lipinski definition) is 5. The van der Waals surface area contributed by atoms with E-state index in [-0.39, 0.29) is 6.04 Å². The molecule has 130 valence electrons. The molecular formula is C20H22N2O3. The Bertz CT molecular complexity index is 841. The van der Waals surface area contributed by atoms with Crippen molar-refractivity contribution < 1.29 is 13.9 Å². The number of ether oxygens (including phenoxy) is 2. The second kappa shape index (κ2) is 6.86. The molecule has 3 heterocycles. The molecule has 0 spiro atoms. The molecule has 5 heteroatoms. The molecule has 2 saturated heterocycles. The summed E-state index contributed by atoms with van der Waals surface area (Å²) in [4.78, 5) is 4.14. The quantitative estimate of drug-likeness (QED) is 0.786. The van der Waals surface area contributed by atoms with Gasteiger partial charge in [0, 0.05) is 11.1 Å². The zero-order valence-corrected chi connectivity index (χ0v) is 14.2. The van der Waals surface area contributed by atoms with Crippen molar-refractivity contribution in [1.29, 1.82) is 0 Å². The van der Waals surface area contributed by atoms with Gasteiger partial charge in [0.25, 0.3) is 0 Å². The molecule has 0 radical (unpaired) electrons. The van der Waals surface area contributed by atoms with Gasteiger partial charge in [0.2, 0.25) is 0 Å². The molecule has 5 nitrogen and oxygen atoms in total.